The van der Waals surface area contributed by atoms with Crippen molar-refractivity contribution in [2.75, 3.05) is 0 Å². The molecule has 5 heteroatoms. The fourth-order valence-electron chi connectivity index (χ4n) is 2.51. The van der Waals surface area contributed by atoms with Crippen LogP contribution < -0.4 is 0 Å². The molecule has 0 amide bonds. The lowest BCUT2D eigenvalue weighted by Gasteiger charge is -2.32. The van der Waals surface area contributed by atoms with Gasteiger partial charge in [-0.25, -0.2) is 4.98 Å². The molecule has 0 unspecified atom stereocenters. The third-order valence-electron chi connectivity index (χ3n) is 4.72. The molecule has 2 heterocycles. The summed E-state index contributed by atoms with van der Waals surface area (Å²) in [4.78, 5) is 4.47. The van der Waals surface area contributed by atoms with Gasteiger partial charge in [0, 0.05) is 10.6 Å². The molecular weight excluding hydrogens is 266 g/mol. The number of aromatic nitrogens is 1. The zero-order valence-electron chi connectivity index (χ0n) is 12.6. The topological polar surface area (TPSA) is 62.1 Å². The summed E-state index contributed by atoms with van der Waals surface area (Å²) in [6.45, 7) is 7.11. The van der Waals surface area contributed by atoms with E-state index in [4.69, 9.17) is 0 Å². The number of para-hydroxylation sites is 1. The maximum absolute atomic E-state index is 12.6. The summed E-state index contributed by atoms with van der Waals surface area (Å²) in [7, 11) is 0. The van der Waals surface area contributed by atoms with Gasteiger partial charge in [0.25, 0.3) is 0 Å². The fourth-order valence-corrected chi connectivity index (χ4v) is 2.51. The normalized spacial score (nSPS) is 20.3. The highest BCUT2D eigenvalue weighted by Gasteiger charge is 2.60. The van der Waals surface area contributed by atoms with Crippen LogP contribution in [0.4, 0.5) is 0 Å². The number of hydroxylamine groups is 3. The number of amidine groups is 1. The van der Waals surface area contributed by atoms with Gasteiger partial charge in [-0.2, -0.15) is 0 Å². The predicted molar refractivity (Wildman–Crippen MR) is 80.2 cm³/mol. The molecule has 1 aromatic carbocycles. The number of benzene rings is 1. The van der Waals surface area contributed by atoms with Crippen molar-refractivity contribution in [1.29, 1.82) is 0 Å². The fraction of sp³-hybridized carbons (Fsp3) is 0.375. The minimum Gasteiger partial charge on any atom is -0.714 e. The molecule has 2 aromatic rings. The van der Waals surface area contributed by atoms with Crippen LogP contribution in [-0.2, 0) is 5.21 Å². The summed E-state index contributed by atoms with van der Waals surface area (Å²) in [6.07, 6.45) is 0. The van der Waals surface area contributed by atoms with Gasteiger partial charge in [0.1, 0.15) is 5.54 Å². The van der Waals surface area contributed by atoms with Crippen LogP contribution in [-0.4, -0.2) is 31.7 Å². The number of hydrogen-bond acceptors (Lipinski definition) is 3. The molecule has 3 rings (SSSR count). The van der Waals surface area contributed by atoms with E-state index in [1.807, 2.05) is 30.3 Å². The van der Waals surface area contributed by atoms with Gasteiger partial charge in [0.05, 0.1) is 5.52 Å². The SMILES string of the molecule is CC1(C)N([O])C(c2ccc3ccccc3n2)=[N+]([O-])C1(C)C. The first-order valence-electron chi connectivity index (χ1n) is 6.94. The van der Waals surface area contributed by atoms with Crippen molar-refractivity contribution in [3.05, 3.63) is 47.3 Å². The molecule has 0 saturated carbocycles. The Balaban J connectivity index is 2.20. The summed E-state index contributed by atoms with van der Waals surface area (Å²) in [5.41, 5.74) is -0.460. The zero-order chi connectivity index (χ0) is 15.4. The largest absolute Gasteiger partial charge is 0.714 e. The van der Waals surface area contributed by atoms with Crippen LogP contribution in [0.2, 0.25) is 0 Å². The summed E-state index contributed by atoms with van der Waals surface area (Å²) in [5.74, 6) is 0.0794. The van der Waals surface area contributed by atoms with E-state index in [-0.39, 0.29) is 5.84 Å². The molecule has 0 spiro atoms. The van der Waals surface area contributed by atoms with Gasteiger partial charge in [-0.05, 0) is 39.8 Å². The summed E-state index contributed by atoms with van der Waals surface area (Å²) >= 11 is 0. The van der Waals surface area contributed by atoms with Gasteiger partial charge >= 0.3 is 5.84 Å². The van der Waals surface area contributed by atoms with Crippen LogP contribution in [0.1, 0.15) is 33.4 Å². The summed E-state index contributed by atoms with van der Waals surface area (Å²) in [5, 5.41) is 26.9. The number of pyridine rings is 1. The van der Waals surface area contributed by atoms with Crippen LogP contribution in [0.15, 0.2) is 36.4 Å². The number of nitrogens with zero attached hydrogens (tertiary/aromatic N) is 3. The molecule has 0 N–H and O–H groups in total. The lowest BCUT2D eigenvalue weighted by molar-refractivity contribution is -0.539. The Kier molecular flexibility index (Phi) is 2.75. The second kappa shape index (κ2) is 4.18. The first-order valence-corrected chi connectivity index (χ1v) is 6.94. The average Bonchev–Trinajstić information content (AvgIpc) is 2.57. The minimum atomic E-state index is -0.822. The molecule has 1 aromatic heterocycles. The third-order valence-corrected chi connectivity index (χ3v) is 4.72. The van der Waals surface area contributed by atoms with Gasteiger partial charge in [-0.15, -0.1) is 0 Å². The Morgan fingerprint density at radius 2 is 1.76 bits per heavy atom. The van der Waals surface area contributed by atoms with E-state index in [2.05, 4.69) is 4.98 Å². The zero-order valence-corrected chi connectivity index (χ0v) is 12.6. The third kappa shape index (κ3) is 1.74. The van der Waals surface area contributed by atoms with E-state index in [0.29, 0.717) is 5.69 Å². The molecule has 109 valence electrons. The lowest BCUT2D eigenvalue weighted by Crippen LogP contribution is -2.53. The van der Waals surface area contributed by atoms with E-state index in [1.54, 1.807) is 33.8 Å². The first-order chi connectivity index (χ1) is 9.76. The molecule has 0 atom stereocenters. The van der Waals surface area contributed by atoms with Crippen LogP contribution in [0, 0.1) is 5.21 Å². The minimum absolute atomic E-state index is 0.0794. The first kappa shape index (κ1) is 13.8. The van der Waals surface area contributed by atoms with Crippen LogP contribution >= 0.6 is 0 Å². The van der Waals surface area contributed by atoms with Crippen molar-refractivity contribution in [3.8, 4) is 0 Å². The van der Waals surface area contributed by atoms with Gasteiger partial charge in [0.15, 0.2) is 11.2 Å². The number of fused-ring (bicyclic) bond motifs is 1. The van der Waals surface area contributed by atoms with E-state index < -0.39 is 11.1 Å². The molecule has 1 aliphatic heterocycles. The molecule has 0 saturated heterocycles. The molecular formula is C16H18N3O2. The highest BCUT2D eigenvalue weighted by molar-refractivity contribution is 5.96. The summed E-state index contributed by atoms with van der Waals surface area (Å²) in [6, 6.07) is 11.2. The van der Waals surface area contributed by atoms with Crippen LogP contribution in [0.5, 0.6) is 0 Å². The Bertz CT molecular complexity index is 750. The van der Waals surface area contributed by atoms with E-state index in [0.717, 1.165) is 20.7 Å². The second-order valence-corrected chi connectivity index (χ2v) is 6.42. The van der Waals surface area contributed by atoms with E-state index in [1.165, 1.54) is 0 Å². The van der Waals surface area contributed by atoms with Crippen molar-refractivity contribution in [2.45, 2.75) is 38.8 Å². The van der Waals surface area contributed by atoms with Crippen LogP contribution in [0.3, 0.4) is 0 Å². The van der Waals surface area contributed by atoms with Crippen molar-refractivity contribution in [1.82, 2.24) is 10.0 Å². The van der Waals surface area contributed by atoms with E-state index >= 15 is 0 Å². The molecule has 5 nitrogen and oxygen atoms in total. The average molecular weight is 284 g/mol. The van der Waals surface area contributed by atoms with Crippen LogP contribution in [0.25, 0.3) is 10.9 Å². The molecule has 1 aliphatic rings. The highest BCUT2D eigenvalue weighted by Crippen LogP contribution is 2.37. The van der Waals surface area contributed by atoms with Gasteiger partial charge in [-0.1, -0.05) is 29.3 Å². The smallest absolute Gasteiger partial charge is 0.335 e. The van der Waals surface area contributed by atoms with Crippen molar-refractivity contribution in [3.63, 3.8) is 0 Å². The number of hydrogen-bond donors (Lipinski definition) is 0. The maximum atomic E-state index is 12.6. The Morgan fingerprint density at radius 3 is 2.38 bits per heavy atom. The summed E-state index contributed by atoms with van der Waals surface area (Å²) < 4.78 is 0.789. The van der Waals surface area contributed by atoms with Crippen molar-refractivity contribution < 1.29 is 9.95 Å². The van der Waals surface area contributed by atoms with Gasteiger partial charge in [0.2, 0.25) is 0 Å². The monoisotopic (exact) mass is 284 g/mol. The molecule has 1 radical (unpaired) electrons. The Labute approximate surface area is 123 Å². The van der Waals surface area contributed by atoms with E-state index in [9.17, 15) is 10.4 Å². The molecule has 0 fully saturated rings. The standard InChI is InChI=1S/C16H18N3O2/c1-15(2)16(3,4)19(21)14(18(15)20)13-10-9-11-7-5-6-8-12(11)17-13/h5-10H,1-4H3. The lowest BCUT2D eigenvalue weighted by atomic mass is 9.84. The Hall–Kier alpha value is -2.14. The highest BCUT2D eigenvalue weighted by atomic mass is 16.5. The molecule has 0 aliphatic carbocycles. The number of rotatable bonds is 1. The molecule has 0 bridgehead atoms. The van der Waals surface area contributed by atoms with Gasteiger partial charge < -0.3 is 5.21 Å². The van der Waals surface area contributed by atoms with Crippen molar-refractivity contribution in [2.24, 2.45) is 0 Å². The Morgan fingerprint density at radius 1 is 1.10 bits per heavy atom. The maximum Gasteiger partial charge on any atom is 0.335 e. The predicted octanol–water partition coefficient (Wildman–Crippen LogP) is 2.71. The van der Waals surface area contributed by atoms with Crippen molar-refractivity contribution >= 4 is 16.7 Å². The quantitative estimate of drug-likeness (QED) is 0.597. The second-order valence-electron chi connectivity index (χ2n) is 6.42. The molecule has 21 heavy (non-hydrogen) atoms. The van der Waals surface area contributed by atoms with Gasteiger partial charge in [-0.3, -0.25) is 4.74 Å².